The fourth-order valence-corrected chi connectivity index (χ4v) is 3.20. The second-order valence-corrected chi connectivity index (χ2v) is 6.15. The third kappa shape index (κ3) is 3.67. The molecule has 1 heterocycles. The summed E-state index contributed by atoms with van der Waals surface area (Å²) in [7, 11) is 0. The van der Waals surface area contributed by atoms with Gasteiger partial charge in [0, 0.05) is 25.2 Å². The molecule has 1 saturated heterocycles. The Morgan fingerprint density at radius 1 is 1.14 bits per heavy atom. The quantitative estimate of drug-likeness (QED) is 0.806. The van der Waals surface area contributed by atoms with Crippen molar-refractivity contribution in [3.8, 4) is 0 Å². The third-order valence-corrected chi connectivity index (χ3v) is 4.50. The molecule has 0 aromatic heterocycles. The topological polar surface area (TPSA) is 40.6 Å². The van der Waals surface area contributed by atoms with Crippen LogP contribution in [-0.2, 0) is 16.1 Å². The van der Waals surface area contributed by atoms with E-state index < -0.39 is 0 Å². The van der Waals surface area contributed by atoms with Crippen LogP contribution in [0.5, 0.6) is 0 Å². The number of piperidine rings is 1. The average Bonchev–Trinajstić information content (AvgIpc) is 2.52. The van der Waals surface area contributed by atoms with Crippen molar-refractivity contribution in [3.05, 3.63) is 35.9 Å². The van der Waals surface area contributed by atoms with Crippen LogP contribution in [0, 0.1) is 0 Å². The summed E-state index contributed by atoms with van der Waals surface area (Å²) >= 11 is 0. The number of hydrogen-bond donors (Lipinski definition) is 0. The van der Waals surface area contributed by atoms with E-state index in [9.17, 15) is 9.59 Å². The number of hydrogen-bond acceptors (Lipinski definition) is 2. The largest absolute Gasteiger partial charge is 0.330 e. The van der Waals surface area contributed by atoms with Crippen molar-refractivity contribution in [2.45, 2.75) is 58.7 Å². The Labute approximate surface area is 133 Å². The predicted molar refractivity (Wildman–Crippen MR) is 87.2 cm³/mol. The summed E-state index contributed by atoms with van der Waals surface area (Å²) in [5.41, 5.74) is 1.05. The smallest absolute Gasteiger partial charge is 0.312 e. The van der Waals surface area contributed by atoms with Crippen LogP contribution >= 0.6 is 0 Å². The van der Waals surface area contributed by atoms with Crippen molar-refractivity contribution in [1.29, 1.82) is 0 Å². The molecule has 4 heteroatoms. The van der Waals surface area contributed by atoms with Gasteiger partial charge in [0.2, 0.25) is 0 Å². The molecule has 2 unspecified atom stereocenters. The molecule has 2 amide bonds. The van der Waals surface area contributed by atoms with E-state index in [1.54, 1.807) is 9.80 Å². The molecule has 120 valence electrons. The van der Waals surface area contributed by atoms with Crippen molar-refractivity contribution >= 4 is 11.8 Å². The Hall–Kier alpha value is -1.84. The van der Waals surface area contributed by atoms with Gasteiger partial charge in [0.15, 0.2) is 0 Å². The molecule has 0 aliphatic carbocycles. The number of nitrogens with zero attached hydrogens (tertiary/aromatic N) is 2. The van der Waals surface area contributed by atoms with Gasteiger partial charge >= 0.3 is 11.8 Å². The first kappa shape index (κ1) is 16.5. The number of carbonyl (C=O) groups excluding carboxylic acids is 2. The first-order chi connectivity index (χ1) is 10.5. The van der Waals surface area contributed by atoms with E-state index in [1.165, 1.54) is 0 Å². The Balaban J connectivity index is 2.08. The maximum absolute atomic E-state index is 12.6. The SMILES string of the molecule is CCN(Cc1ccccc1)C(=O)C(=O)N1C(C)CCCC1C. The molecule has 0 N–H and O–H groups in total. The van der Waals surface area contributed by atoms with Gasteiger partial charge in [-0.15, -0.1) is 0 Å². The summed E-state index contributed by atoms with van der Waals surface area (Å²) in [5.74, 6) is -0.732. The maximum Gasteiger partial charge on any atom is 0.312 e. The average molecular weight is 302 g/mol. The molecule has 2 rings (SSSR count). The van der Waals surface area contributed by atoms with E-state index in [0.717, 1.165) is 24.8 Å². The Kier molecular flexibility index (Phi) is 5.58. The number of likely N-dealkylation sites (tertiary alicyclic amines) is 1. The Morgan fingerprint density at radius 2 is 1.73 bits per heavy atom. The van der Waals surface area contributed by atoms with Crippen molar-refractivity contribution in [2.75, 3.05) is 6.54 Å². The van der Waals surface area contributed by atoms with Gasteiger partial charge in [0.25, 0.3) is 0 Å². The number of amides is 2. The van der Waals surface area contributed by atoms with Crippen LogP contribution in [0.4, 0.5) is 0 Å². The van der Waals surface area contributed by atoms with Gasteiger partial charge in [0.1, 0.15) is 0 Å². The highest BCUT2D eigenvalue weighted by Gasteiger charge is 2.34. The van der Waals surface area contributed by atoms with Gasteiger partial charge < -0.3 is 9.80 Å². The van der Waals surface area contributed by atoms with Gasteiger partial charge in [0.05, 0.1) is 0 Å². The van der Waals surface area contributed by atoms with Crippen molar-refractivity contribution < 1.29 is 9.59 Å². The minimum absolute atomic E-state index is 0.149. The van der Waals surface area contributed by atoms with Crippen LogP contribution in [0.25, 0.3) is 0 Å². The lowest BCUT2D eigenvalue weighted by atomic mass is 9.97. The highest BCUT2D eigenvalue weighted by molar-refractivity contribution is 6.35. The van der Waals surface area contributed by atoms with Crippen LogP contribution in [0.15, 0.2) is 30.3 Å². The van der Waals surface area contributed by atoms with E-state index in [4.69, 9.17) is 0 Å². The van der Waals surface area contributed by atoms with Crippen LogP contribution in [0.3, 0.4) is 0 Å². The lowest BCUT2D eigenvalue weighted by Crippen LogP contribution is -2.53. The summed E-state index contributed by atoms with van der Waals surface area (Å²) in [6.07, 6.45) is 3.09. The Morgan fingerprint density at radius 3 is 2.27 bits per heavy atom. The molecular formula is C18H26N2O2. The summed E-state index contributed by atoms with van der Waals surface area (Å²) in [4.78, 5) is 28.7. The minimum atomic E-state index is -0.382. The molecule has 1 aliphatic rings. The molecule has 1 aromatic rings. The highest BCUT2D eigenvalue weighted by atomic mass is 16.2. The van der Waals surface area contributed by atoms with E-state index in [-0.39, 0.29) is 23.9 Å². The normalized spacial score (nSPS) is 21.5. The zero-order valence-corrected chi connectivity index (χ0v) is 13.8. The minimum Gasteiger partial charge on any atom is -0.330 e. The van der Waals surface area contributed by atoms with Crippen LogP contribution < -0.4 is 0 Å². The van der Waals surface area contributed by atoms with Crippen LogP contribution in [0.2, 0.25) is 0 Å². The lowest BCUT2D eigenvalue weighted by molar-refractivity contribution is -0.155. The molecule has 0 spiro atoms. The molecule has 1 aromatic carbocycles. The molecule has 0 saturated carbocycles. The summed E-state index contributed by atoms with van der Waals surface area (Å²) in [6, 6.07) is 10.1. The highest BCUT2D eigenvalue weighted by Crippen LogP contribution is 2.23. The summed E-state index contributed by atoms with van der Waals surface area (Å²) in [5, 5.41) is 0. The predicted octanol–water partition coefficient (Wildman–Crippen LogP) is 2.82. The van der Waals surface area contributed by atoms with E-state index in [0.29, 0.717) is 13.1 Å². The third-order valence-electron chi connectivity index (χ3n) is 4.50. The van der Waals surface area contributed by atoms with Crippen LogP contribution in [-0.4, -0.2) is 40.2 Å². The zero-order chi connectivity index (χ0) is 16.1. The first-order valence-electron chi connectivity index (χ1n) is 8.20. The molecule has 0 bridgehead atoms. The van der Waals surface area contributed by atoms with E-state index in [2.05, 4.69) is 0 Å². The van der Waals surface area contributed by atoms with Gasteiger partial charge in [-0.05, 0) is 45.6 Å². The molecule has 22 heavy (non-hydrogen) atoms. The summed E-state index contributed by atoms with van der Waals surface area (Å²) in [6.45, 7) is 7.01. The molecule has 2 atom stereocenters. The lowest BCUT2D eigenvalue weighted by Gasteiger charge is -2.39. The summed E-state index contributed by atoms with van der Waals surface area (Å²) < 4.78 is 0. The van der Waals surface area contributed by atoms with Gasteiger partial charge in [-0.1, -0.05) is 30.3 Å². The number of carbonyl (C=O) groups is 2. The second kappa shape index (κ2) is 7.43. The Bertz CT molecular complexity index is 505. The van der Waals surface area contributed by atoms with Gasteiger partial charge in [-0.25, -0.2) is 0 Å². The number of benzene rings is 1. The fourth-order valence-electron chi connectivity index (χ4n) is 3.20. The van der Waals surface area contributed by atoms with Gasteiger partial charge in [-0.3, -0.25) is 9.59 Å². The van der Waals surface area contributed by atoms with Crippen molar-refractivity contribution in [1.82, 2.24) is 9.80 Å². The van der Waals surface area contributed by atoms with Crippen molar-refractivity contribution in [3.63, 3.8) is 0 Å². The van der Waals surface area contributed by atoms with Gasteiger partial charge in [-0.2, -0.15) is 0 Å². The number of likely N-dealkylation sites (N-methyl/N-ethyl adjacent to an activating group) is 1. The van der Waals surface area contributed by atoms with E-state index in [1.807, 2.05) is 51.1 Å². The molecule has 1 fully saturated rings. The first-order valence-corrected chi connectivity index (χ1v) is 8.20. The van der Waals surface area contributed by atoms with E-state index >= 15 is 0 Å². The maximum atomic E-state index is 12.6. The monoisotopic (exact) mass is 302 g/mol. The molecule has 0 radical (unpaired) electrons. The van der Waals surface area contributed by atoms with Crippen molar-refractivity contribution in [2.24, 2.45) is 0 Å². The molecule has 1 aliphatic heterocycles. The molecular weight excluding hydrogens is 276 g/mol. The second-order valence-electron chi connectivity index (χ2n) is 6.15. The molecule has 4 nitrogen and oxygen atoms in total. The zero-order valence-electron chi connectivity index (χ0n) is 13.8. The standard InChI is InChI=1S/C18H26N2O2/c1-4-19(13-16-11-6-5-7-12-16)17(21)18(22)20-14(2)9-8-10-15(20)3/h5-7,11-12,14-15H,4,8-10,13H2,1-3H3. The number of rotatable bonds is 3. The van der Waals surface area contributed by atoms with Crippen LogP contribution in [0.1, 0.15) is 45.6 Å². The fraction of sp³-hybridized carbons (Fsp3) is 0.556.